The number of amidine groups is 1. The van der Waals surface area contributed by atoms with Gasteiger partial charge >= 0.3 is 6.18 Å². The zero-order valence-corrected chi connectivity index (χ0v) is 21.8. The van der Waals surface area contributed by atoms with Crippen molar-refractivity contribution in [3.8, 4) is 0 Å². The minimum absolute atomic E-state index is 0.0222. The van der Waals surface area contributed by atoms with Crippen molar-refractivity contribution in [3.05, 3.63) is 75.0 Å². The number of carbonyl (C=O) groups is 1. The van der Waals surface area contributed by atoms with E-state index >= 15 is 0 Å². The predicted molar refractivity (Wildman–Crippen MR) is 141 cm³/mol. The third-order valence-electron chi connectivity index (χ3n) is 6.78. The Bertz CT molecular complexity index is 1610. The summed E-state index contributed by atoms with van der Waals surface area (Å²) in [4.78, 5) is 19.5. The number of nitrogens with one attached hydrogen (secondary N) is 1. The summed E-state index contributed by atoms with van der Waals surface area (Å²) in [6.07, 6.45) is 0.545. The van der Waals surface area contributed by atoms with Crippen molar-refractivity contribution in [1.29, 1.82) is 0 Å². The number of amides is 1. The summed E-state index contributed by atoms with van der Waals surface area (Å²) in [6.45, 7) is 1.42. The van der Waals surface area contributed by atoms with Gasteiger partial charge in [0, 0.05) is 29.4 Å². The first-order valence-corrected chi connectivity index (χ1v) is 13.3. The first-order valence-electron chi connectivity index (χ1n) is 12.1. The fourth-order valence-corrected chi connectivity index (χ4v) is 5.94. The number of piperidine rings is 1. The van der Waals surface area contributed by atoms with Crippen LogP contribution < -0.4 is 0 Å². The number of alkyl halides is 3. The lowest BCUT2D eigenvalue weighted by Crippen LogP contribution is -2.36. The number of aromatic nitrogens is 6. The molecule has 39 heavy (non-hydrogen) atoms. The molecule has 0 aliphatic carbocycles. The maximum atomic E-state index is 13.5. The minimum atomic E-state index is -4.53. The van der Waals surface area contributed by atoms with Gasteiger partial charge in [-0.2, -0.15) is 23.3 Å². The van der Waals surface area contributed by atoms with Gasteiger partial charge in [0.15, 0.2) is 11.0 Å². The highest BCUT2D eigenvalue weighted by Crippen LogP contribution is 2.36. The molecule has 1 amide bonds. The average molecular weight is 573 g/mol. The lowest BCUT2D eigenvalue weighted by molar-refractivity contribution is -0.138. The van der Waals surface area contributed by atoms with E-state index in [1.54, 1.807) is 18.3 Å². The van der Waals surface area contributed by atoms with E-state index in [1.165, 1.54) is 28.6 Å². The van der Waals surface area contributed by atoms with Crippen LogP contribution in [0.3, 0.4) is 0 Å². The van der Waals surface area contributed by atoms with Gasteiger partial charge in [0.25, 0.3) is 5.91 Å². The van der Waals surface area contributed by atoms with Gasteiger partial charge in [-0.3, -0.25) is 9.48 Å². The molecule has 2 aromatic heterocycles. The molecule has 0 saturated carbocycles. The Hall–Kier alpha value is -3.71. The molecular weight excluding hydrogens is 553 g/mol. The molecule has 0 spiro atoms. The van der Waals surface area contributed by atoms with Gasteiger partial charge in [-0.15, -0.1) is 5.10 Å². The van der Waals surface area contributed by atoms with Crippen LogP contribution in [0.4, 0.5) is 13.2 Å². The SMILES string of the molecule is O=C1N=C(N2CCC(c3nnn[nH]3)CC2)SC1=Cc1ccc2c(cnn2Cc2ccc(Cl)cc2C(F)(F)F)c1. The van der Waals surface area contributed by atoms with Gasteiger partial charge in [0.2, 0.25) is 0 Å². The summed E-state index contributed by atoms with van der Waals surface area (Å²) in [5.41, 5.74) is 0.731. The first-order chi connectivity index (χ1) is 18.7. The minimum Gasteiger partial charge on any atom is -0.351 e. The van der Waals surface area contributed by atoms with Gasteiger partial charge < -0.3 is 4.90 Å². The number of carbonyl (C=O) groups excluding carboxylic acids is 1. The molecule has 1 fully saturated rings. The number of fused-ring (bicyclic) bond motifs is 1. The molecule has 1 saturated heterocycles. The molecule has 14 heteroatoms. The number of benzene rings is 2. The normalized spacial score (nSPS) is 17.9. The number of tetrazole rings is 1. The average Bonchev–Trinajstić information content (AvgIpc) is 3.66. The molecule has 0 radical (unpaired) electrons. The van der Waals surface area contributed by atoms with Crippen molar-refractivity contribution < 1.29 is 18.0 Å². The number of likely N-dealkylation sites (tertiary alicyclic amines) is 1. The van der Waals surface area contributed by atoms with Crippen molar-refractivity contribution >= 4 is 51.4 Å². The van der Waals surface area contributed by atoms with Crippen LogP contribution in [0, 0.1) is 0 Å². The zero-order chi connectivity index (χ0) is 27.1. The van der Waals surface area contributed by atoms with E-state index in [4.69, 9.17) is 11.6 Å². The molecule has 2 aromatic carbocycles. The summed E-state index contributed by atoms with van der Waals surface area (Å²) in [5, 5.41) is 19.9. The lowest BCUT2D eigenvalue weighted by Gasteiger charge is -2.31. The fourth-order valence-electron chi connectivity index (χ4n) is 4.80. The van der Waals surface area contributed by atoms with Gasteiger partial charge in [0.1, 0.15) is 0 Å². The van der Waals surface area contributed by atoms with Crippen LogP contribution in [0.2, 0.25) is 5.02 Å². The first kappa shape index (κ1) is 25.6. The van der Waals surface area contributed by atoms with Crippen LogP contribution in [0.25, 0.3) is 17.0 Å². The number of H-pyrrole nitrogens is 1. The van der Waals surface area contributed by atoms with Crippen molar-refractivity contribution in [3.63, 3.8) is 0 Å². The van der Waals surface area contributed by atoms with Crippen molar-refractivity contribution in [2.45, 2.75) is 31.5 Å². The van der Waals surface area contributed by atoms with E-state index in [0.717, 1.165) is 48.8 Å². The van der Waals surface area contributed by atoms with Crippen molar-refractivity contribution in [2.24, 2.45) is 4.99 Å². The number of aromatic amines is 1. The van der Waals surface area contributed by atoms with Crippen LogP contribution in [0.1, 0.15) is 41.3 Å². The third-order valence-corrected chi connectivity index (χ3v) is 8.06. The van der Waals surface area contributed by atoms with Gasteiger partial charge in [-0.25, -0.2) is 5.10 Å². The molecule has 0 atom stereocenters. The highest BCUT2D eigenvalue weighted by molar-refractivity contribution is 8.18. The summed E-state index contributed by atoms with van der Waals surface area (Å²) < 4.78 is 42.1. The molecule has 2 aliphatic heterocycles. The van der Waals surface area contributed by atoms with E-state index in [0.29, 0.717) is 15.6 Å². The molecule has 4 aromatic rings. The molecule has 9 nitrogen and oxygen atoms in total. The second-order valence-corrected chi connectivity index (χ2v) is 10.7. The number of rotatable bonds is 4. The van der Waals surface area contributed by atoms with Gasteiger partial charge in [0.05, 0.1) is 28.7 Å². The molecule has 200 valence electrons. The van der Waals surface area contributed by atoms with Gasteiger partial charge in [-0.05, 0) is 76.5 Å². The maximum absolute atomic E-state index is 13.5. The number of halogens is 4. The molecule has 6 rings (SSSR count). The van der Waals surface area contributed by atoms with E-state index < -0.39 is 11.7 Å². The van der Waals surface area contributed by atoms with E-state index in [-0.39, 0.29) is 29.0 Å². The summed E-state index contributed by atoms with van der Waals surface area (Å²) in [5.74, 6) is 0.733. The topological polar surface area (TPSA) is 105 Å². The Morgan fingerprint density at radius 3 is 2.72 bits per heavy atom. The third kappa shape index (κ3) is 5.28. The van der Waals surface area contributed by atoms with Crippen LogP contribution >= 0.6 is 23.4 Å². The number of aliphatic imine (C=N–C) groups is 1. The van der Waals surface area contributed by atoms with Gasteiger partial charge in [-0.1, -0.05) is 23.7 Å². The summed E-state index contributed by atoms with van der Waals surface area (Å²) in [6, 6.07) is 9.17. The number of hydrogen-bond donors (Lipinski definition) is 1. The molecule has 0 unspecified atom stereocenters. The number of hydrogen-bond acceptors (Lipinski definition) is 7. The molecular formula is C25H20ClF3N8OS. The molecule has 0 bridgehead atoms. The Morgan fingerprint density at radius 1 is 1.15 bits per heavy atom. The van der Waals surface area contributed by atoms with E-state index in [2.05, 4.69) is 35.6 Å². The molecule has 1 N–H and O–H groups in total. The van der Waals surface area contributed by atoms with Crippen LogP contribution in [-0.2, 0) is 17.5 Å². The summed E-state index contributed by atoms with van der Waals surface area (Å²) in [7, 11) is 0. The lowest BCUT2D eigenvalue weighted by atomic mass is 9.97. The Morgan fingerprint density at radius 2 is 1.97 bits per heavy atom. The quantitative estimate of drug-likeness (QED) is 0.338. The van der Waals surface area contributed by atoms with Crippen LogP contribution in [0.15, 0.2) is 52.5 Å². The van der Waals surface area contributed by atoms with Crippen LogP contribution in [-0.4, -0.2) is 59.5 Å². The maximum Gasteiger partial charge on any atom is 0.416 e. The second kappa shape index (κ2) is 10.1. The Labute approximate surface area is 229 Å². The Balaban J connectivity index is 1.16. The molecule has 2 aliphatic rings. The van der Waals surface area contributed by atoms with Crippen LogP contribution in [0.5, 0.6) is 0 Å². The fraction of sp³-hybridized carbons (Fsp3) is 0.280. The van der Waals surface area contributed by atoms with E-state index in [1.807, 2.05) is 12.1 Å². The second-order valence-electron chi connectivity index (χ2n) is 9.28. The summed E-state index contributed by atoms with van der Waals surface area (Å²) >= 11 is 7.14. The van der Waals surface area contributed by atoms with E-state index in [9.17, 15) is 18.0 Å². The largest absolute Gasteiger partial charge is 0.416 e. The smallest absolute Gasteiger partial charge is 0.351 e. The number of nitrogens with zero attached hydrogens (tertiary/aromatic N) is 7. The highest BCUT2D eigenvalue weighted by atomic mass is 35.5. The highest BCUT2D eigenvalue weighted by Gasteiger charge is 2.34. The standard InChI is InChI=1S/C25H20ClF3N8OS/c26-18-3-2-16(19(11-18)25(27,28)29)13-37-20-4-1-14(9-17(20)12-30-37)10-21-23(38)31-24(39-21)36-7-5-15(6-8-36)22-32-34-35-33-22/h1-4,9-12,15H,5-8,13H2,(H,32,33,34,35). The molecule has 4 heterocycles. The zero-order valence-electron chi connectivity index (χ0n) is 20.2. The van der Waals surface area contributed by atoms with Crippen molar-refractivity contribution in [1.82, 2.24) is 35.3 Å². The predicted octanol–water partition coefficient (Wildman–Crippen LogP) is 5.12. The number of thioether (sulfide) groups is 1. The van der Waals surface area contributed by atoms with Crippen molar-refractivity contribution in [2.75, 3.05) is 13.1 Å². The Kier molecular flexibility index (Phi) is 6.63. The monoisotopic (exact) mass is 572 g/mol.